The molecule has 3 heteroatoms. The van der Waals surface area contributed by atoms with Crippen molar-refractivity contribution < 1.29 is 9.53 Å². The number of anilines is 1. The minimum Gasteiger partial charge on any atom is -0.481 e. The predicted molar refractivity (Wildman–Crippen MR) is 85.8 cm³/mol. The Balaban J connectivity index is 2.00. The van der Waals surface area contributed by atoms with Crippen LogP contribution in [0.5, 0.6) is 5.75 Å². The van der Waals surface area contributed by atoms with E-state index in [1.165, 1.54) is 0 Å². The third-order valence-electron chi connectivity index (χ3n) is 3.19. The number of benzene rings is 2. The van der Waals surface area contributed by atoms with Gasteiger partial charge in [-0.05, 0) is 63.1 Å². The third-order valence-corrected chi connectivity index (χ3v) is 3.19. The van der Waals surface area contributed by atoms with Crippen molar-refractivity contribution >= 4 is 11.6 Å². The molecule has 1 atom stereocenters. The number of hydrogen-bond donors (Lipinski definition) is 1. The van der Waals surface area contributed by atoms with Crippen molar-refractivity contribution in [3.8, 4) is 5.75 Å². The van der Waals surface area contributed by atoms with Gasteiger partial charge in [-0.3, -0.25) is 4.79 Å². The number of carbonyl (C=O) groups is 1. The Hall–Kier alpha value is -2.29. The lowest BCUT2D eigenvalue weighted by Crippen LogP contribution is -2.30. The summed E-state index contributed by atoms with van der Waals surface area (Å²) >= 11 is 0. The molecular weight excluding hydrogens is 262 g/mol. The first-order chi connectivity index (χ1) is 9.94. The SMILES string of the molecule is Cc1ccc(O[C@@H](C)C(=O)Nc2cc(C)cc(C)c2)cc1. The Morgan fingerprint density at radius 3 is 2.10 bits per heavy atom. The van der Waals surface area contributed by atoms with E-state index in [9.17, 15) is 4.79 Å². The van der Waals surface area contributed by atoms with E-state index < -0.39 is 6.10 Å². The molecular formula is C18H21NO2. The summed E-state index contributed by atoms with van der Waals surface area (Å²) in [5.41, 5.74) is 4.21. The zero-order valence-corrected chi connectivity index (χ0v) is 12.9. The van der Waals surface area contributed by atoms with E-state index in [1.54, 1.807) is 6.92 Å². The second kappa shape index (κ2) is 6.44. The summed E-state index contributed by atoms with van der Waals surface area (Å²) in [6.45, 7) is 7.78. The molecule has 0 spiro atoms. The van der Waals surface area contributed by atoms with Gasteiger partial charge < -0.3 is 10.1 Å². The summed E-state index contributed by atoms with van der Waals surface area (Å²) in [7, 11) is 0. The molecule has 0 aromatic heterocycles. The molecule has 2 aromatic carbocycles. The van der Waals surface area contributed by atoms with Crippen LogP contribution in [-0.2, 0) is 4.79 Å². The average molecular weight is 283 g/mol. The van der Waals surface area contributed by atoms with E-state index in [0.29, 0.717) is 5.75 Å². The topological polar surface area (TPSA) is 38.3 Å². The van der Waals surface area contributed by atoms with Crippen LogP contribution in [0.25, 0.3) is 0 Å². The highest BCUT2D eigenvalue weighted by Crippen LogP contribution is 2.16. The highest BCUT2D eigenvalue weighted by atomic mass is 16.5. The quantitative estimate of drug-likeness (QED) is 0.920. The van der Waals surface area contributed by atoms with E-state index in [2.05, 4.69) is 11.4 Å². The number of amides is 1. The van der Waals surface area contributed by atoms with Crippen molar-refractivity contribution in [2.24, 2.45) is 0 Å². The van der Waals surface area contributed by atoms with Gasteiger partial charge >= 0.3 is 0 Å². The Kier molecular flexibility index (Phi) is 4.63. The lowest BCUT2D eigenvalue weighted by atomic mass is 10.1. The minimum absolute atomic E-state index is 0.152. The Morgan fingerprint density at radius 2 is 1.52 bits per heavy atom. The number of rotatable bonds is 4. The Bertz CT molecular complexity index is 612. The smallest absolute Gasteiger partial charge is 0.265 e. The van der Waals surface area contributed by atoms with Gasteiger partial charge in [0.1, 0.15) is 5.75 Å². The van der Waals surface area contributed by atoms with Crippen molar-refractivity contribution in [3.63, 3.8) is 0 Å². The molecule has 0 saturated heterocycles. The molecule has 1 amide bonds. The fourth-order valence-corrected chi connectivity index (χ4v) is 2.17. The maximum Gasteiger partial charge on any atom is 0.265 e. The van der Waals surface area contributed by atoms with Crippen LogP contribution in [0.15, 0.2) is 42.5 Å². The zero-order chi connectivity index (χ0) is 15.4. The van der Waals surface area contributed by atoms with Crippen LogP contribution in [0, 0.1) is 20.8 Å². The highest BCUT2D eigenvalue weighted by Gasteiger charge is 2.15. The lowest BCUT2D eigenvalue weighted by Gasteiger charge is -2.15. The third kappa shape index (κ3) is 4.35. The molecule has 110 valence electrons. The summed E-state index contributed by atoms with van der Waals surface area (Å²) in [6, 6.07) is 13.6. The highest BCUT2D eigenvalue weighted by molar-refractivity contribution is 5.94. The number of nitrogens with one attached hydrogen (secondary N) is 1. The Labute approximate surface area is 126 Å². The summed E-state index contributed by atoms with van der Waals surface area (Å²) in [5.74, 6) is 0.546. The maximum atomic E-state index is 12.2. The summed E-state index contributed by atoms with van der Waals surface area (Å²) in [5, 5.41) is 2.89. The van der Waals surface area contributed by atoms with Crippen LogP contribution in [0.3, 0.4) is 0 Å². The molecule has 0 aliphatic rings. The largest absolute Gasteiger partial charge is 0.481 e. The number of ether oxygens (including phenoxy) is 1. The van der Waals surface area contributed by atoms with Gasteiger partial charge in [0, 0.05) is 5.69 Å². The molecule has 2 rings (SSSR count). The van der Waals surface area contributed by atoms with Crippen molar-refractivity contribution in [2.75, 3.05) is 5.32 Å². The number of hydrogen-bond acceptors (Lipinski definition) is 2. The first kappa shape index (κ1) is 15.1. The molecule has 3 nitrogen and oxygen atoms in total. The molecule has 0 unspecified atom stereocenters. The van der Waals surface area contributed by atoms with Gasteiger partial charge in [-0.1, -0.05) is 23.8 Å². The van der Waals surface area contributed by atoms with Crippen molar-refractivity contribution in [1.29, 1.82) is 0 Å². The van der Waals surface area contributed by atoms with E-state index in [1.807, 2.05) is 57.2 Å². The molecule has 0 saturated carbocycles. The Morgan fingerprint density at radius 1 is 0.952 bits per heavy atom. The molecule has 0 heterocycles. The van der Waals surface area contributed by atoms with Gasteiger partial charge in [-0.2, -0.15) is 0 Å². The molecule has 1 N–H and O–H groups in total. The minimum atomic E-state index is -0.548. The molecule has 0 aliphatic heterocycles. The fourth-order valence-electron chi connectivity index (χ4n) is 2.17. The second-order valence-corrected chi connectivity index (χ2v) is 5.44. The summed E-state index contributed by atoms with van der Waals surface area (Å²) in [6.07, 6.45) is -0.548. The van der Waals surface area contributed by atoms with Crippen molar-refractivity contribution in [3.05, 3.63) is 59.2 Å². The van der Waals surface area contributed by atoms with Gasteiger partial charge in [-0.25, -0.2) is 0 Å². The first-order valence-corrected chi connectivity index (χ1v) is 7.06. The summed E-state index contributed by atoms with van der Waals surface area (Å²) in [4.78, 5) is 12.2. The van der Waals surface area contributed by atoms with Crippen molar-refractivity contribution in [2.45, 2.75) is 33.8 Å². The predicted octanol–water partition coefficient (Wildman–Crippen LogP) is 4.02. The molecule has 0 aliphatic carbocycles. The molecule has 0 fully saturated rings. The fraction of sp³-hybridized carbons (Fsp3) is 0.278. The monoisotopic (exact) mass is 283 g/mol. The van der Waals surface area contributed by atoms with Gasteiger partial charge in [0.25, 0.3) is 5.91 Å². The number of aryl methyl sites for hydroxylation is 3. The maximum absolute atomic E-state index is 12.2. The van der Waals surface area contributed by atoms with E-state index in [4.69, 9.17) is 4.74 Å². The van der Waals surface area contributed by atoms with E-state index >= 15 is 0 Å². The molecule has 0 bridgehead atoms. The van der Waals surface area contributed by atoms with Crippen LogP contribution in [0.4, 0.5) is 5.69 Å². The molecule has 0 radical (unpaired) electrons. The molecule has 2 aromatic rings. The van der Waals surface area contributed by atoms with E-state index in [0.717, 1.165) is 22.4 Å². The van der Waals surface area contributed by atoms with Gasteiger partial charge in [0.05, 0.1) is 0 Å². The lowest BCUT2D eigenvalue weighted by molar-refractivity contribution is -0.122. The van der Waals surface area contributed by atoms with Crippen LogP contribution in [0.1, 0.15) is 23.6 Å². The zero-order valence-electron chi connectivity index (χ0n) is 12.9. The van der Waals surface area contributed by atoms with Crippen LogP contribution in [-0.4, -0.2) is 12.0 Å². The normalized spacial score (nSPS) is 11.8. The summed E-state index contributed by atoms with van der Waals surface area (Å²) < 4.78 is 5.65. The molecule has 21 heavy (non-hydrogen) atoms. The number of carbonyl (C=O) groups excluding carboxylic acids is 1. The van der Waals surface area contributed by atoms with Crippen LogP contribution >= 0.6 is 0 Å². The van der Waals surface area contributed by atoms with Gasteiger partial charge in [0.15, 0.2) is 6.10 Å². The van der Waals surface area contributed by atoms with Crippen LogP contribution in [0.2, 0.25) is 0 Å². The van der Waals surface area contributed by atoms with E-state index in [-0.39, 0.29) is 5.91 Å². The standard InChI is InChI=1S/C18H21NO2/c1-12-5-7-17(8-6-12)21-15(4)18(20)19-16-10-13(2)9-14(3)11-16/h5-11,15H,1-4H3,(H,19,20)/t15-/m0/s1. The average Bonchev–Trinajstić information content (AvgIpc) is 2.40. The van der Waals surface area contributed by atoms with Gasteiger partial charge in [-0.15, -0.1) is 0 Å². The van der Waals surface area contributed by atoms with Crippen molar-refractivity contribution in [1.82, 2.24) is 0 Å². The first-order valence-electron chi connectivity index (χ1n) is 7.06. The van der Waals surface area contributed by atoms with Gasteiger partial charge in [0.2, 0.25) is 0 Å². The second-order valence-electron chi connectivity index (χ2n) is 5.44. The van der Waals surface area contributed by atoms with Crippen LogP contribution < -0.4 is 10.1 Å².